The number of methoxy groups -OCH3 is 1. The van der Waals surface area contributed by atoms with E-state index in [1.165, 1.54) is 28.6 Å². The highest BCUT2D eigenvalue weighted by Gasteiger charge is 2.19. The number of amides is 1. The summed E-state index contributed by atoms with van der Waals surface area (Å²) in [6.45, 7) is 2.28. The summed E-state index contributed by atoms with van der Waals surface area (Å²) in [7, 11) is 1.62. The first-order valence-electron chi connectivity index (χ1n) is 9.01. The number of hydrogen-bond donors (Lipinski definition) is 2. The molecular weight excluding hydrogens is 393 g/mol. The van der Waals surface area contributed by atoms with Crippen molar-refractivity contribution in [1.29, 1.82) is 0 Å². The molecule has 0 aliphatic carbocycles. The summed E-state index contributed by atoms with van der Waals surface area (Å²) in [5, 5.41) is 10.9. The normalized spacial score (nSPS) is 11.8. The molecule has 0 radical (unpaired) electrons. The van der Waals surface area contributed by atoms with Crippen molar-refractivity contribution in [3.8, 4) is 17.1 Å². The second kappa shape index (κ2) is 9.42. The van der Waals surface area contributed by atoms with E-state index in [1.807, 2.05) is 24.3 Å². The zero-order valence-electron chi connectivity index (χ0n) is 16.1. The fraction of sp³-hybridized carbons (Fsp3) is 0.250. The number of carbonyl (C=O) groups excluding carboxylic acids is 1. The van der Waals surface area contributed by atoms with Crippen LogP contribution in [0.5, 0.6) is 5.75 Å². The van der Waals surface area contributed by atoms with E-state index >= 15 is 0 Å². The highest BCUT2D eigenvalue weighted by Crippen LogP contribution is 2.25. The molecule has 1 atom stereocenters. The molecular formula is C20H22FN5O2S. The number of ether oxygens (including phenoxy) is 1. The molecule has 152 valence electrons. The Hall–Kier alpha value is -3.07. The smallest absolute Gasteiger partial charge is 0.233 e. The molecule has 3 aromatic rings. The summed E-state index contributed by atoms with van der Waals surface area (Å²) in [5.74, 6) is 6.66. The summed E-state index contributed by atoms with van der Waals surface area (Å²) >= 11 is 1.19. The van der Waals surface area contributed by atoms with Gasteiger partial charge in [0.1, 0.15) is 11.6 Å². The number of nitrogens with zero attached hydrogens (tertiary/aromatic N) is 3. The predicted molar refractivity (Wildman–Crippen MR) is 111 cm³/mol. The van der Waals surface area contributed by atoms with Crippen molar-refractivity contribution >= 4 is 17.7 Å². The van der Waals surface area contributed by atoms with Gasteiger partial charge >= 0.3 is 0 Å². The molecule has 0 fully saturated rings. The van der Waals surface area contributed by atoms with Crippen molar-refractivity contribution in [2.45, 2.75) is 23.8 Å². The summed E-state index contributed by atoms with van der Waals surface area (Å²) in [4.78, 5) is 12.4. The quantitative estimate of drug-likeness (QED) is 0.434. The number of halogens is 1. The zero-order chi connectivity index (χ0) is 20.8. The van der Waals surface area contributed by atoms with Crippen molar-refractivity contribution in [2.24, 2.45) is 0 Å². The number of benzene rings is 2. The fourth-order valence-corrected chi connectivity index (χ4v) is 3.45. The number of hydrogen-bond acceptors (Lipinski definition) is 6. The molecule has 0 spiro atoms. The van der Waals surface area contributed by atoms with Crippen molar-refractivity contribution in [3.63, 3.8) is 0 Å². The van der Waals surface area contributed by atoms with Crippen LogP contribution in [0.25, 0.3) is 11.4 Å². The first kappa shape index (κ1) is 20.7. The molecule has 3 rings (SSSR count). The van der Waals surface area contributed by atoms with E-state index in [1.54, 1.807) is 26.2 Å². The number of nitrogens with two attached hydrogens (primary N) is 1. The Kier molecular flexibility index (Phi) is 6.71. The molecule has 0 saturated heterocycles. The van der Waals surface area contributed by atoms with Crippen molar-refractivity contribution < 1.29 is 13.9 Å². The third-order valence-corrected chi connectivity index (χ3v) is 5.33. The maximum Gasteiger partial charge on any atom is 0.233 e. The minimum Gasteiger partial charge on any atom is -0.497 e. The molecule has 0 saturated carbocycles. The molecule has 0 unspecified atom stereocenters. The van der Waals surface area contributed by atoms with Gasteiger partial charge in [-0.05, 0) is 43.2 Å². The van der Waals surface area contributed by atoms with Crippen LogP contribution >= 0.6 is 11.8 Å². The average molecular weight is 415 g/mol. The molecule has 0 bridgehead atoms. The van der Waals surface area contributed by atoms with Crippen molar-refractivity contribution in [3.05, 3.63) is 59.9 Å². The van der Waals surface area contributed by atoms with Crippen LogP contribution in [0.1, 0.15) is 12.5 Å². The largest absolute Gasteiger partial charge is 0.497 e. The van der Waals surface area contributed by atoms with E-state index in [0.29, 0.717) is 29.5 Å². The Balaban J connectivity index is 1.54. The third kappa shape index (κ3) is 5.26. The SMILES string of the molecule is COc1ccc(CCNC(=O)[C@H](C)Sc2nnc(-c3cccc(F)c3)n2N)cc1. The van der Waals surface area contributed by atoms with Crippen LogP contribution in [-0.4, -0.2) is 39.7 Å². The monoisotopic (exact) mass is 415 g/mol. The molecule has 9 heteroatoms. The summed E-state index contributed by atoms with van der Waals surface area (Å²) in [6.07, 6.45) is 0.712. The number of aromatic nitrogens is 3. The maximum absolute atomic E-state index is 13.4. The van der Waals surface area contributed by atoms with Crippen LogP contribution in [0.3, 0.4) is 0 Å². The van der Waals surface area contributed by atoms with E-state index in [4.69, 9.17) is 10.6 Å². The number of nitrogens with one attached hydrogen (secondary N) is 1. The topological polar surface area (TPSA) is 95.1 Å². The van der Waals surface area contributed by atoms with Gasteiger partial charge in [-0.3, -0.25) is 4.79 Å². The van der Waals surface area contributed by atoms with Gasteiger partial charge < -0.3 is 15.9 Å². The minimum absolute atomic E-state index is 0.126. The number of rotatable bonds is 8. The van der Waals surface area contributed by atoms with Gasteiger partial charge in [-0.2, -0.15) is 0 Å². The molecule has 2 aromatic carbocycles. The maximum atomic E-state index is 13.4. The zero-order valence-corrected chi connectivity index (χ0v) is 16.9. The van der Waals surface area contributed by atoms with Gasteiger partial charge in [-0.1, -0.05) is 36.0 Å². The average Bonchev–Trinajstić information content (AvgIpc) is 3.08. The summed E-state index contributed by atoms with van der Waals surface area (Å²) < 4.78 is 19.8. The van der Waals surface area contributed by atoms with Gasteiger partial charge in [0, 0.05) is 12.1 Å². The van der Waals surface area contributed by atoms with Crippen molar-refractivity contribution in [2.75, 3.05) is 19.5 Å². The minimum atomic E-state index is -0.419. The van der Waals surface area contributed by atoms with Crippen LogP contribution in [0.15, 0.2) is 53.7 Å². The second-order valence-corrected chi connectivity index (χ2v) is 7.64. The predicted octanol–water partition coefficient (Wildman–Crippen LogP) is 2.65. The molecule has 0 aliphatic heterocycles. The molecule has 1 heterocycles. The van der Waals surface area contributed by atoms with E-state index in [9.17, 15) is 9.18 Å². The fourth-order valence-electron chi connectivity index (χ4n) is 2.66. The summed E-state index contributed by atoms with van der Waals surface area (Å²) in [5.41, 5.74) is 1.62. The summed E-state index contributed by atoms with van der Waals surface area (Å²) in [6, 6.07) is 13.7. The van der Waals surface area contributed by atoms with Crippen LogP contribution in [-0.2, 0) is 11.2 Å². The highest BCUT2D eigenvalue weighted by atomic mass is 32.2. The van der Waals surface area contributed by atoms with Gasteiger partial charge in [0.05, 0.1) is 12.4 Å². The lowest BCUT2D eigenvalue weighted by molar-refractivity contribution is -0.120. The van der Waals surface area contributed by atoms with E-state index in [2.05, 4.69) is 15.5 Å². The molecule has 7 nitrogen and oxygen atoms in total. The van der Waals surface area contributed by atoms with Gasteiger partial charge in [0.2, 0.25) is 11.1 Å². The Morgan fingerprint density at radius 1 is 1.28 bits per heavy atom. The van der Waals surface area contributed by atoms with Gasteiger partial charge in [0.25, 0.3) is 0 Å². The lowest BCUT2D eigenvalue weighted by atomic mass is 10.1. The Morgan fingerprint density at radius 2 is 2.03 bits per heavy atom. The number of thioether (sulfide) groups is 1. The van der Waals surface area contributed by atoms with E-state index < -0.39 is 5.25 Å². The standard InChI is InChI=1S/C20H22FN5O2S/c1-13(19(27)23-11-10-14-6-8-17(28-2)9-7-14)29-20-25-24-18(26(20)22)15-4-3-5-16(21)12-15/h3-9,12-13H,10-11,22H2,1-2H3,(H,23,27)/t13-/m0/s1. The van der Waals surface area contributed by atoms with E-state index in [0.717, 1.165) is 11.3 Å². The van der Waals surface area contributed by atoms with Crippen LogP contribution in [0.4, 0.5) is 4.39 Å². The van der Waals surface area contributed by atoms with E-state index in [-0.39, 0.29) is 11.7 Å². The lowest BCUT2D eigenvalue weighted by Crippen LogP contribution is -2.32. The van der Waals surface area contributed by atoms with Crippen LogP contribution in [0, 0.1) is 5.82 Å². The molecule has 29 heavy (non-hydrogen) atoms. The van der Waals surface area contributed by atoms with Gasteiger partial charge in [0.15, 0.2) is 5.82 Å². The molecule has 1 amide bonds. The Labute approximate surface area is 172 Å². The first-order valence-corrected chi connectivity index (χ1v) is 9.89. The molecule has 0 aliphatic rings. The van der Waals surface area contributed by atoms with Crippen LogP contribution < -0.4 is 15.9 Å². The number of nitrogen functional groups attached to an aromatic ring is 1. The highest BCUT2D eigenvalue weighted by molar-refractivity contribution is 8.00. The second-order valence-electron chi connectivity index (χ2n) is 6.34. The molecule has 1 aromatic heterocycles. The first-order chi connectivity index (χ1) is 14.0. The van der Waals surface area contributed by atoms with Crippen LogP contribution in [0.2, 0.25) is 0 Å². The number of carbonyl (C=O) groups is 1. The Morgan fingerprint density at radius 3 is 2.72 bits per heavy atom. The van der Waals surface area contributed by atoms with Crippen molar-refractivity contribution in [1.82, 2.24) is 20.2 Å². The molecule has 3 N–H and O–H groups in total. The van der Waals surface area contributed by atoms with Gasteiger partial charge in [-0.25, -0.2) is 9.07 Å². The third-order valence-electron chi connectivity index (χ3n) is 4.27. The van der Waals surface area contributed by atoms with Gasteiger partial charge in [-0.15, -0.1) is 10.2 Å². The Bertz CT molecular complexity index is 977. The lowest BCUT2D eigenvalue weighted by Gasteiger charge is -2.12.